The lowest BCUT2D eigenvalue weighted by molar-refractivity contribution is -0.124. The molecule has 1 aliphatic heterocycles. The van der Waals surface area contributed by atoms with E-state index >= 15 is 0 Å². The molecule has 1 aliphatic rings. The molecule has 2 aromatic carbocycles. The van der Waals surface area contributed by atoms with E-state index in [1.165, 1.54) is 0 Å². The third kappa shape index (κ3) is 3.04. The monoisotopic (exact) mass is 336 g/mol. The van der Waals surface area contributed by atoms with E-state index in [0.29, 0.717) is 0 Å². The van der Waals surface area contributed by atoms with Crippen LogP contribution in [0.25, 0.3) is 0 Å². The lowest BCUT2D eigenvalue weighted by atomic mass is 9.85. The maximum Gasteiger partial charge on any atom is 0.244 e. The molecule has 1 heterocycles. The van der Waals surface area contributed by atoms with Crippen molar-refractivity contribution in [2.45, 2.75) is 39.5 Å². The fourth-order valence-electron chi connectivity index (χ4n) is 3.39. The first-order chi connectivity index (χ1) is 11.8. The molecule has 0 aromatic heterocycles. The summed E-state index contributed by atoms with van der Waals surface area (Å²) in [6.45, 7) is 7.92. The third-order valence-electron chi connectivity index (χ3n) is 4.87. The molecule has 0 radical (unpaired) electrons. The van der Waals surface area contributed by atoms with Gasteiger partial charge in [-0.15, -0.1) is 0 Å². The first kappa shape index (κ1) is 17.2. The molecule has 25 heavy (non-hydrogen) atoms. The summed E-state index contributed by atoms with van der Waals surface area (Å²) in [4.78, 5) is 27.0. The Hall–Kier alpha value is -2.62. The number of para-hydroxylation sites is 1. The number of aryl methyl sites for hydroxylation is 2. The van der Waals surface area contributed by atoms with Crippen molar-refractivity contribution < 1.29 is 9.59 Å². The minimum atomic E-state index is -0.608. The predicted octanol–water partition coefficient (Wildman–Crippen LogP) is 3.82. The molecule has 3 rings (SSSR count). The number of hydrogen-bond donors (Lipinski definition) is 1. The van der Waals surface area contributed by atoms with E-state index in [9.17, 15) is 9.59 Å². The van der Waals surface area contributed by atoms with Gasteiger partial charge >= 0.3 is 0 Å². The number of anilines is 2. The normalized spacial score (nSPS) is 15.2. The summed E-state index contributed by atoms with van der Waals surface area (Å²) in [5.74, 6) is -0.217. The van der Waals surface area contributed by atoms with E-state index in [1.807, 2.05) is 63.2 Å². The van der Waals surface area contributed by atoms with E-state index in [-0.39, 0.29) is 18.4 Å². The highest BCUT2D eigenvalue weighted by Gasteiger charge is 2.44. The number of benzene rings is 2. The Morgan fingerprint density at radius 3 is 2.60 bits per heavy atom. The molecule has 0 aliphatic carbocycles. The molecule has 0 saturated heterocycles. The van der Waals surface area contributed by atoms with Gasteiger partial charge in [0.1, 0.15) is 6.54 Å². The lowest BCUT2D eigenvalue weighted by Gasteiger charge is -2.20. The zero-order valence-electron chi connectivity index (χ0n) is 15.2. The number of amides is 2. The van der Waals surface area contributed by atoms with Gasteiger partial charge in [0, 0.05) is 11.4 Å². The van der Waals surface area contributed by atoms with Crippen LogP contribution in [0.4, 0.5) is 11.4 Å². The first-order valence-corrected chi connectivity index (χ1v) is 8.65. The Morgan fingerprint density at radius 2 is 1.88 bits per heavy atom. The number of nitrogens with zero attached hydrogens (tertiary/aromatic N) is 1. The summed E-state index contributed by atoms with van der Waals surface area (Å²) < 4.78 is 0. The first-order valence-electron chi connectivity index (χ1n) is 8.65. The summed E-state index contributed by atoms with van der Waals surface area (Å²) in [5.41, 5.74) is 4.22. The molecule has 2 aromatic rings. The average Bonchev–Trinajstić information content (AvgIpc) is 2.76. The fraction of sp³-hybridized carbons (Fsp3) is 0.333. The van der Waals surface area contributed by atoms with Crippen LogP contribution in [0, 0.1) is 6.92 Å². The molecule has 130 valence electrons. The van der Waals surface area contributed by atoms with Gasteiger partial charge in [0.25, 0.3) is 0 Å². The average molecular weight is 336 g/mol. The Labute approximate surface area is 148 Å². The number of carbonyl (C=O) groups is 2. The van der Waals surface area contributed by atoms with Crippen LogP contribution in [-0.4, -0.2) is 18.4 Å². The smallest absolute Gasteiger partial charge is 0.244 e. The van der Waals surface area contributed by atoms with Crippen LogP contribution in [-0.2, 0) is 21.4 Å². The van der Waals surface area contributed by atoms with Crippen molar-refractivity contribution in [3.8, 4) is 0 Å². The van der Waals surface area contributed by atoms with Crippen LogP contribution < -0.4 is 10.2 Å². The molecule has 4 heteroatoms. The summed E-state index contributed by atoms with van der Waals surface area (Å²) in [7, 11) is 0. The zero-order valence-corrected chi connectivity index (χ0v) is 15.2. The minimum Gasteiger partial charge on any atom is -0.324 e. The SMILES string of the molecule is CCc1ccccc1NC(=O)CN1C(=O)C(C)(C)c2cc(C)ccc21. The van der Waals surface area contributed by atoms with Gasteiger partial charge < -0.3 is 10.2 Å². The highest BCUT2D eigenvalue weighted by Crippen LogP contribution is 2.41. The molecule has 0 atom stereocenters. The van der Waals surface area contributed by atoms with Crippen molar-refractivity contribution in [3.63, 3.8) is 0 Å². The Bertz CT molecular complexity index is 840. The largest absolute Gasteiger partial charge is 0.324 e. The number of nitrogens with one attached hydrogen (secondary N) is 1. The van der Waals surface area contributed by atoms with E-state index in [4.69, 9.17) is 0 Å². The van der Waals surface area contributed by atoms with Crippen LogP contribution in [0.3, 0.4) is 0 Å². The second-order valence-corrected chi connectivity index (χ2v) is 7.10. The summed E-state index contributed by atoms with van der Waals surface area (Å²) >= 11 is 0. The van der Waals surface area contributed by atoms with E-state index < -0.39 is 5.41 Å². The number of carbonyl (C=O) groups excluding carboxylic acids is 2. The number of rotatable bonds is 4. The van der Waals surface area contributed by atoms with E-state index in [2.05, 4.69) is 12.2 Å². The van der Waals surface area contributed by atoms with Crippen LogP contribution in [0.2, 0.25) is 0 Å². The molecule has 0 fully saturated rings. The quantitative estimate of drug-likeness (QED) is 0.923. The summed E-state index contributed by atoms with van der Waals surface area (Å²) in [6.07, 6.45) is 0.842. The second kappa shape index (κ2) is 6.36. The van der Waals surface area contributed by atoms with Gasteiger partial charge in [-0.05, 0) is 50.5 Å². The van der Waals surface area contributed by atoms with Crippen LogP contribution >= 0.6 is 0 Å². The second-order valence-electron chi connectivity index (χ2n) is 7.10. The van der Waals surface area contributed by atoms with Crippen molar-refractivity contribution in [2.75, 3.05) is 16.8 Å². The van der Waals surface area contributed by atoms with Crippen LogP contribution in [0.15, 0.2) is 42.5 Å². The van der Waals surface area contributed by atoms with Gasteiger partial charge in [0.05, 0.1) is 5.41 Å². The highest BCUT2D eigenvalue weighted by atomic mass is 16.2. The Balaban J connectivity index is 1.84. The maximum atomic E-state index is 12.9. The predicted molar refractivity (Wildman–Crippen MR) is 101 cm³/mol. The van der Waals surface area contributed by atoms with Crippen LogP contribution in [0.1, 0.15) is 37.5 Å². The highest BCUT2D eigenvalue weighted by molar-refractivity contribution is 6.11. The van der Waals surface area contributed by atoms with Gasteiger partial charge in [-0.2, -0.15) is 0 Å². The number of hydrogen-bond acceptors (Lipinski definition) is 2. The zero-order chi connectivity index (χ0) is 18.2. The fourth-order valence-corrected chi connectivity index (χ4v) is 3.39. The van der Waals surface area contributed by atoms with E-state index in [1.54, 1.807) is 4.90 Å². The molecular formula is C21H24N2O2. The van der Waals surface area contributed by atoms with Crippen LogP contribution in [0.5, 0.6) is 0 Å². The Morgan fingerprint density at radius 1 is 1.16 bits per heavy atom. The van der Waals surface area contributed by atoms with Gasteiger partial charge in [-0.3, -0.25) is 9.59 Å². The summed E-state index contributed by atoms with van der Waals surface area (Å²) in [6, 6.07) is 13.7. The van der Waals surface area contributed by atoms with Gasteiger partial charge in [0.2, 0.25) is 11.8 Å². The molecule has 1 N–H and O–H groups in total. The molecule has 0 saturated carbocycles. The molecule has 0 spiro atoms. The van der Waals surface area contributed by atoms with Crippen molar-refractivity contribution in [1.29, 1.82) is 0 Å². The van der Waals surface area contributed by atoms with Crippen molar-refractivity contribution in [2.24, 2.45) is 0 Å². The lowest BCUT2D eigenvalue weighted by Crippen LogP contribution is -2.40. The molecule has 0 bridgehead atoms. The molecule has 2 amide bonds. The molecular weight excluding hydrogens is 312 g/mol. The standard InChI is InChI=1S/C21H24N2O2/c1-5-15-8-6-7-9-17(15)22-19(24)13-23-18-11-10-14(2)12-16(18)21(3,4)20(23)25/h6-12H,5,13H2,1-4H3,(H,22,24). The van der Waals surface area contributed by atoms with E-state index in [0.717, 1.165) is 34.5 Å². The third-order valence-corrected chi connectivity index (χ3v) is 4.87. The maximum absolute atomic E-state index is 12.9. The van der Waals surface area contributed by atoms with Crippen molar-refractivity contribution in [1.82, 2.24) is 0 Å². The Kier molecular flexibility index (Phi) is 4.38. The molecule has 0 unspecified atom stereocenters. The van der Waals surface area contributed by atoms with Gasteiger partial charge in [-0.25, -0.2) is 0 Å². The van der Waals surface area contributed by atoms with Gasteiger partial charge in [0.15, 0.2) is 0 Å². The topological polar surface area (TPSA) is 49.4 Å². The minimum absolute atomic E-state index is 0.0242. The van der Waals surface area contributed by atoms with Crippen molar-refractivity contribution in [3.05, 3.63) is 59.2 Å². The van der Waals surface area contributed by atoms with Crippen molar-refractivity contribution >= 4 is 23.2 Å². The van der Waals surface area contributed by atoms with Gasteiger partial charge in [-0.1, -0.05) is 42.8 Å². The number of fused-ring (bicyclic) bond motifs is 1. The molecule has 4 nitrogen and oxygen atoms in total. The summed E-state index contributed by atoms with van der Waals surface area (Å²) in [5, 5.41) is 2.95.